The van der Waals surface area contributed by atoms with Crippen LogP contribution in [0.25, 0.3) is 0 Å². The van der Waals surface area contributed by atoms with Crippen molar-refractivity contribution in [3.8, 4) is 0 Å². The van der Waals surface area contributed by atoms with E-state index >= 15 is 0 Å². The van der Waals surface area contributed by atoms with Crippen LogP contribution in [0.5, 0.6) is 0 Å². The van der Waals surface area contributed by atoms with Gasteiger partial charge in [0.25, 0.3) is 0 Å². The summed E-state index contributed by atoms with van der Waals surface area (Å²) in [5, 5.41) is 3.65. The molecule has 0 aliphatic carbocycles. The molecule has 0 saturated carbocycles. The van der Waals surface area contributed by atoms with Gasteiger partial charge in [0.2, 0.25) is 5.91 Å². The molecule has 130 valence electrons. The molecular formula is C20H27FN2O. The van der Waals surface area contributed by atoms with Gasteiger partial charge in [-0.15, -0.1) is 0 Å². The number of benzene rings is 1. The van der Waals surface area contributed by atoms with E-state index in [1.165, 1.54) is 18.9 Å². The minimum Gasteiger partial charge on any atom is -0.339 e. The highest BCUT2D eigenvalue weighted by molar-refractivity contribution is 5.77. The number of hydrogen-bond donors (Lipinski definition) is 1. The maximum absolute atomic E-state index is 13.4. The van der Waals surface area contributed by atoms with Crippen LogP contribution in [0.4, 0.5) is 4.39 Å². The molecule has 3 fully saturated rings. The van der Waals surface area contributed by atoms with Crippen molar-refractivity contribution in [2.75, 3.05) is 6.54 Å². The van der Waals surface area contributed by atoms with Crippen LogP contribution in [0.1, 0.15) is 50.5 Å². The Morgan fingerprint density at radius 1 is 1.21 bits per heavy atom. The van der Waals surface area contributed by atoms with E-state index < -0.39 is 0 Å². The highest BCUT2D eigenvalue weighted by atomic mass is 19.1. The van der Waals surface area contributed by atoms with E-state index in [0.29, 0.717) is 30.3 Å². The maximum atomic E-state index is 13.4. The summed E-state index contributed by atoms with van der Waals surface area (Å²) in [7, 11) is 0. The van der Waals surface area contributed by atoms with Crippen molar-refractivity contribution in [1.82, 2.24) is 10.2 Å². The Bertz CT molecular complexity index is 593. The number of fused-ring (bicyclic) bond motifs is 2. The highest BCUT2D eigenvalue weighted by Crippen LogP contribution is 2.34. The second kappa shape index (κ2) is 6.83. The number of nitrogens with zero attached hydrogens (tertiary/aromatic N) is 1. The van der Waals surface area contributed by atoms with Crippen LogP contribution in [-0.2, 0) is 11.2 Å². The molecule has 3 atom stereocenters. The van der Waals surface area contributed by atoms with Crippen LogP contribution in [0.15, 0.2) is 24.3 Å². The van der Waals surface area contributed by atoms with Gasteiger partial charge in [0.05, 0.1) is 0 Å². The molecule has 1 aromatic rings. The fraction of sp³-hybridized carbons (Fsp3) is 0.650. The Morgan fingerprint density at radius 2 is 2.00 bits per heavy atom. The lowest BCUT2D eigenvalue weighted by Gasteiger charge is -2.31. The summed E-state index contributed by atoms with van der Waals surface area (Å²) in [4.78, 5) is 14.9. The normalized spacial score (nSPS) is 32.3. The number of carbonyl (C=O) groups excluding carboxylic acids is 1. The van der Waals surface area contributed by atoms with Gasteiger partial charge in [0.15, 0.2) is 0 Å². The van der Waals surface area contributed by atoms with Crippen LogP contribution >= 0.6 is 0 Å². The fourth-order valence-electron chi connectivity index (χ4n) is 5.02. The Labute approximate surface area is 143 Å². The number of hydrogen-bond acceptors (Lipinski definition) is 2. The van der Waals surface area contributed by atoms with Gasteiger partial charge in [-0.3, -0.25) is 4.79 Å². The number of carbonyl (C=O) groups is 1. The van der Waals surface area contributed by atoms with Crippen molar-refractivity contribution in [3.05, 3.63) is 35.6 Å². The third kappa shape index (κ3) is 3.49. The quantitative estimate of drug-likeness (QED) is 0.919. The lowest BCUT2D eigenvalue weighted by atomic mass is 9.89. The van der Waals surface area contributed by atoms with E-state index in [-0.39, 0.29) is 11.9 Å². The maximum Gasteiger partial charge on any atom is 0.223 e. The van der Waals surface area contributed by atoms with E-state index in [2.05, 4.69) is 10.2 Å². The molecule has 1 N–H and O–H groups in total. The first kappa shape index (κ1) is 16.1. The van der Waals surface area contributed by atoms with Gasteiger partial charge in [0.1, 0.15) is 5.82 Å². The van der Waals surface area contributed by atoms with Gasteiger partial charge in [0, 0.05) is 31.1 Å². The van der Waals surface area contributed by atoms with E-state index in [1.54, 1.807) is 12.1 Å². The molecule has 1 aromatic carbocycles. The first-order valence-electron chi connectivity index (χ1n) is 9.47. The van der Waals surface area contributed by atoms with E-state index in [9.17, 15) is 9.18 Å². The molecule has 4 rings (SSSR count). The second-order valence-electron chi connectivity index (χ2n) is 7.90. The number of amides is 1. The zero-order valence-corrected chi connectivity index (χ0v) is 14.2. The molecule has 0 radical (unpaired) electrons. The lowest BCUT2D eigenvalue weighted by molar-refractivity contribution is -0.133. The number of piperidine rings is 1. The first-order valence-corrected chi connectivity index (χ1v) is 9.47. The molecule has 3 saturated heterocycles. The Hall–Kier alpha value is -1.42. The second-order valence-corrected chi connectivity index (χ2v) is 7.90. The van der Waals surface area contributed by atoms with E-state index in [0.717, 1.165) is 44.2 Å². The topological polar surface area (TPSA) is 32.3 Å². The molecule has 1 amide bonds. The average molecular weight is 330 g/mol. The molecule has 3 unspecified atom stereocenters. The van der Waals surface area contributed by atoms with Crippen molar-refractivity contribution in [2.45, 2.75) is 69.5 Å². The molecule has 2 bridgehead atoms. The Kier molecular flexibility index (Phi) is 4.57. The van der Waals surface area contributed by atoms with Gasteiger partial charge in [-0.2, -0.15) is 0 Å². The number of nitrogens with one attached hydrogen (secondary N) is 1. The minimum absolute atomic E-state index is 0.187. The average Bonchev–Trinajstić information content (AvgIpc) is 3.14. The molecule has 4 heteroatoms. The highest BCUT2D eigenvalue weighted by Gasteiger charge is 2.36. The van der Waals surface area contributed by atoms with Crippen molar-refractivity contribution >= 4 is 5.91 Å². The monoisotopic (exact) mass is 330 g/mol. The number of rotatable bonds is 4. The molecule has 3 aliphatic rings. The van der Waals surface area contributed by atoms with Crippen molar-refractivity contribution in [2.24, 2.45) is 5.92 Å². The van der Waals surface area contributed by atoms with Gasteiger partial charge < -0.3 is 10.2 Å². The SMILES string of the molecule is O=C(CC1CC2CCC(C1)N2)N1CCCC1Cc1cccc(F)c1. The van der Waals surface area contributed by atoms with Crippen molar-refractivity contribution in [3.63, 3.8) is 0 Å². The van der Waals surface area contributed by atoms with Gasteiger partial charge in [-0.05, 0) is 68.6 Å². The molecule has 0 spiro atoms. The third-order valence-electron chi connectivity index (χ3n) is 6.09. The van der Waals surface area contributed by atoms with Gasteiger partial charge in [-0.25, -0.2) is 4.39 Å². The summed E-state index contributed by atoms with van der Waals surface area (Å²) in [6.45, 7) is 0.872. The summed E-state index contributed by atoms with van der Waals surface area (Å²) in [5.74, 6) is 0.681. The van der Waals surface area contributed by atoms with Crippen LogP contribution in [0.3, 0.4) is 0 Å². The number of halogens is 1. The molecule has 3 aliphatic heterocycles. The number of likely N-dealkylation sites (tertiary alicyclic amines) is 1. The van der Waals surface area contributed by atoms with E-state index in [4.69, 9.17) is 0 Å². The molecule has 0 aromatic heterocycles. The van der Waals surface area contributed by atoms with Crippen molar-refractivity contribution < 1.29 is 9.18 Å². The predicted molar refractivity (Wildman–Crippen MR) is 92.1 cm³/mol. The van der Waals surface area contributed by atoms with Crippen molar-refractivity contribution in [1.29, 1.82) is 0 Å². The van der Waals surface area contributed by atoms with Crippen LogP contribution in [0.2, 0.25) is 0 Å². The molecular weight excluding hydrogens is 303 g/mol. The van der Waals surface area contributed by atoms with Gasteiger partial charge in [-0.1, -0.05) is 12.1 Å². The van der Waals surface area contributed by atoms with Crippen LogP contribution in [-0.4, -0.2) is 35.5 Å². The summed E-state index contributed by atoms with van der Waals surface area (Å²) >= 11 is 0. The van der Waals surface area contributed by atoms with Gasteiger partial charge >= 0.3 is 0 Å². The Balaban J connectivity index is 1.36. The predicted octanol–water partition coefficient (Wildman–Crippen LogP) is 3.28. The smallest absolute Gasteiger partial charge is 0.223 e. The standard InChI is InChI=1S/C20H27FN2O/c21-16-4-1-3-14(9-16)12-19-5-2-8-23(19)20(24)13-15-10-17-6-7-18(11-15)22-17/h1,3-4,9,15,17-19,22H,2,5-8,10-13H2. The molecule has 3 nitrogen and oxygen atoms in total. The van der Waals surface area contributed by atoms with Crippen LogP contribution < -0.4 is 5.32 Å². The zero-order valence-electron chi connectivity index (χ0n) is 14.2. The van der Waals surface area contributed by atoms with Crippen LogP contribution in [0, 0.1) is 11.7 Å². The first-order chi connectivity index (χ1) is 11.7. The minimum atomic E-state index is -0.187. The lowest BCUT2D eigenvalue weighted by Crippen LogP contribution is -2.42. The Morgan fingerprint density at radius 3 is 2.75 bits per heavy atom. The third-order valence-corrected chi connectivity index (χ3v) is 6.09. The van der Waals surface area contributed by atoms with E-state index in [1.807, 2.05) is 6.07 Å². The molecule has 24 heavy (non-hydrogen) atoms. The summed E-state index contributed by atoms with van der Waals surface area (Å²) in [6, 6.07) is 8.34. The molecule has 3 heterocycles. The fourth-order valence-corrected chi connectivity index (χ4v) is 5.02. The zero-order chi connectivity index (χ0) is 16.5. The largest absolute Gasteiger partial charge is 0.339 e. The summed E-state index contributed by atoms with van der Waals surface area (Å²) in [6.07, 6.45) is 8.47. The summed E-state index contributed by atoms with van der Waals surface area (Å²) < 4.78 is 13.4. The summed E-state index contributed by atoms with van der Waals surface area (Å²) in [5.41, 5.74) is 1.000.